The van der Waals surface area contributed by atoms with E-state index in [0.717, 1.165) is 21.9 Å². The van der Waals surface area contributed by atoms with Crippen LogP contribution in [0.5, 0.6) is 0 Å². The van der Waals surface area contributed by atoms with Crippen molar-refractivity contribution in [1.82, 2.24) is 24.9 Å². The van der Waals surface area contributed by atoms with Crippen LogP contribution in [0.1, 0.15) is 224 Å². The average Bonchev–Trinajstić information content (AvgIpc) is 1.62. The second kappa shape index (κ2) is 44.9. The minimum absolute atomic E-state index is 0. The summed E-state index contributed by atoms with van der Waals surface area (Å²) in [6.07, 6.45) is -3.06. The van der Waals surface area contributed by atoms with Crippen LogP contribution in [0.25, 0.3) is 55.5 Å². The second-order valence-corrected chi connectivity index (χ2v) is 34.9. The largest absolute Gasteiger partial charge is 0.494 e. The van der Waals surface area contributed by atoms with Crippen molar-refractivity contribution < 1.29 is 108 Å². The van der Waals surface area contributed by atoms with Crippen molar-refractivity contribution in [2.45, 2.75) is 301 Å². The molecule has 676 valence electrons. The molecule has 0 atom stereocenters. The normalized spacial score (nSPS) is 12.8. The fraction of sp³-hybridized carbons (Fsp3) is 0.529. The maximum absolute atomic E-state index is 11.9. The van der Waals surface area contributed by atoms with Crippen LogP contribution in [-0.4, -0.2) is 164 Å². The Kier molecular flexibility index (Phi) is 39.8. The van der Waals surface area contributed by atoms with Gasteiger partial charge in [0.2, 0.25) is 0 Å². The molecule has 5 aromatic heterocycles. The summed E-state index contributed by atoms with van der Waals surface area (Å²) in [4.78, 5) is 79.8. The molecule has 11 rings (SSSR count). The molecular weight excluding hydrogens is 1580 g/mol. The first kappa shape index (κ1) is 109. The molecule has 38 heteroatoms. The van der Waals surface area contributed by atoms with Crippen molar-refractivity contribution in [3.63, 3.8) is 0 Å². The molecule has 0 bridgehead atoms. The zero-order chi connectivity index (χ0) is 88.1. The van der Waals surface area contributed by atoms with Crippen LogP contribution in [0.3, 0.4) is 0 Å². The lowest BCUT2D eigenvalue weighted by Gasteiger charge is -2.32. The van der Waals surface area contributed by atoms with Crippen LogP contribution in [0, 0.1) is 0 Å². The number of benzene rings is 5. The Balaban J connectivity index is 0.000000518. The van der Waals surface area contributed by atoms with E-state index in [1.807, 2.05) is 132 Å². The molecule has 0 radical (unpaired) electrons. The lowest BCUT2D eigenvalue weighted by atomic mass is 9.49. The van der Waals surface area contributed by atoms with Crippen molar-refractivity contribution >= 4 is 179 Å². The number of nitrogens with zero attached hydrogens (tertiary/aromatic N) is 5. The number of nitrogens with one attached hydrogen (secondary N) is 5. The van der Waals surface area contributed by atoms with Gasteiger partial charge in [0.25, 0.3) is 0 Å². The molecule has 0 aliphatic carbocycles. The molecular formula is C85H133B5N10O23. The fourth-order valence-electron chi connectivity index (χ4n) is 10.2. The molecule has 33 nitrogen and oxygen atoms in total. The first-order valence-electron chi connectivity index (χ1n) is 38.8. The van der Waals surface area contributed by atoms with Gasteiger partial charge in [-0.15, -0.1) is 0 Å². The molecule has 6 heterocycles. The molecule has 1 fully saturated rings. The quantitative estimate of drug-likeness (QED) is 0.0310. The lowest BCUT2D eigenvalue weighted by Crippen LogP contribution is -2.41. The molecule has 0 saturated carbocycles. The lowest BCUT2D eigenvalue weighted by molar-refractivity contribution is 0.00578. The zero-order valence-electron chi connectivity index (χ0n) is 73.1. The fourth-order valence-corrected chi connectivity index (χ4v) is 10.2. The SMILES string of the molecule is C.C.C.C.C.CB(C)c1ccc2oc(NC(=O)OC(C)(C)C)nc2c1.CC(C)(C)OC(=O)Nc1nc2ccc(B(O)O)cc2o1.CC(C)(C)OC(=O)Nc1nc2ccc(B3OC(C)(C)C(C)(C)O3)cc2o1.CC(C)OB(OC(C)C)c1ccc2nc(NC(=O)OC(C)(C)C)oc2c1.CC(C)OB(OC(C)C)c1ccc2oc(NC(=O)OC(C)(C)C)nc2c1. The predicted molar refractivity (Wildman–Crippen MR) is 491 cm³/mol. The Morgan fingerprint density at radius 2 is 0.593 bits per heavy atom. The molecule has 1 saturated heterocycles. The predicted octanol–water partition coefficient (Wildman–Crippen LogP) is 18.1. The number of carbonyl (C=O) groups is 5. The summed E-state index contributed by atoms with van der Waals surface area (Å²) >= 11 is 0. The summed E-state index contributed by atoms with van der Waals surface area (Å²) in [6, 6.07) is 27.1. The van der Waals surface area contributed by atoms with Gasteiger partial charge in [-0.3, -0.25) is 0 Å². The number of rotatable bonds is 18. The third-order valence-corrected chi connectivity index (χ3v) is 15.7. The second-order valence-electron chi connectivity index (χ2n) is 34.9. The number of hydrogen-bond acceptors (Lipinski definition) is 28. The number of aromatic nitrogens is 5. The number of hydrogen-bond donors (Lipinski definition) is 7. The summed E-state index contributed by atoms with van der Waals surface area (Å²) < 4.78 is 88.9. The highest BCUT2D eigenvalue weighted by Crippen LogP contribution is 2.37. The smallest absolute Gasteiger partial charge is 0.443 e. The van der Waals surface area contributed by atoms with E-state index >= 15 is 0 Å². The highest BCUT2D eigenvalue weighted by atomic mass is 16.7. The van der Waals surface area contributed by atoms with E-state index < -0.39 is 98.1 Å². The zero-order valence-corrected chi connectivity index (χ0v) is 73.1. The molecule has 1 aliphatic heterocycles. The van der Waals surface area contributed by atoms with Crippen LogP contribution >= 0.6 is 0 Å². The minimum Gasteiger partial charge on any atom is -0.443 e. The van der Waals surface area contributed by atoms with E-state index in [1.165, 1.54) is 17.6 Å². The van der Waals surface area contributed by atoms with Crippen LogP contribution in [0.2, 0.25) is 13.6 Å². The van der Waals surface area contributed by atoms with Gasteiger partial charge in [0.15, 0.2) is 34.6 Å². The van der Waals surface area contributed by atoms with Crippen molar-refractivity contribution in [2.75, 3.05) is 26.6 Å². The third kappa shape index (κ3) is 35.5. The molecule has 123 heavy (non-hydrogen) atoms. The molecule has 10 aromatic rings. The number of ether oxygens (including phenoxy) is 5. The van der Waals surface area contributed by atoms with Crippen LogP contribution < -0.4 is 53.9 Å². The number of carbonyl (C=O) groups excluding carboxylic acids is 5. The summed E-state index contributed by atoms with van der Waals surface area (Å²) in [5, 5.41) is 30.5. The Labute approximate surface area is 726 Å². The topological polar surface area (TPSA) is 418 Å². The van der Waals surface area contributed by atoms with Gasteiger partial charge in [-0.2, -0.15) is 24.9 Å². The Morgan fingerprint density at radius 3 is 0.886 bits per heavy atom. The van der Waals surface area contributed by atoms with E-state index in [1.54, 1.807) is 134 Å². The van der Waals surface area contributed by atoms with Crippen molar-refractivity contribution in [2.24, 2.45) is 0 Å². The first-order chi connectivity index (χ1) is 54.4. The Hall–Kier alpha value is -10.2. The van der Waals surface area contributed by atoms with Gasteiger partial charge in [0, 0.05) is 24.4 Å². The molecule has 0 spiro atoms. The summed E-state index contributed by atoms with van der Waals surface area (Å²) in [7, 11) is -3.09. The van der Waals surface area contributed by atoms with Gasteiger partial charge in [0.1, 0.15) is 55.6 Å². The number of oxazole rings is 5. The van der Waals surface area contributed by atoms with Crippen molar-refractivity contribution in [3.8, 4) is 0 Å². The van der Waals surface area contributed by atoms with Gasteiger partial charge in [-0.1, -0.05) is 86.6 Å². The van der Waals surface area contributed by atoms with E-state index in [2.05, 4.69) is 65.2 Å². The number of anilines is 5. The van der Waals surface area contributed by atoms with Crippen LogP contribution in [0.15, 0.2) is 113 Å². The van der Waals surface area contributed by atoms with E-state index in [4.69, 9.17) is 83.7 Å². The Bertz CT molecular complexity index is 4620. The molecule has 7 N–H and O–H groups in total. The first-order valence-corrected chi connectivity index (χ1v) is 38.8. The average molecular weight is 1720 g/mol. The highest BCUT2D eigenvalue weighted by Gasteiger charge is 2.52. The molecule has 1 aliphatic rings. The van der Waals surface area contributed by atoms with Crippen LogP contribution in [-0.2, 0) is 51.6 Å². The standard InChI is InChI=1S/C18H25BN2O5.2C18H27BN2O5.C14H19BN2O3.C12H15BN2O5.5CH4/c1-16(2,3)24-15(22)21-14-20-12-9-8-11(10-13(12)23-14)19-25-17(4,5)18(6,7)26-19;1-11(2)25-19(26-12(3)4)13-8-9-15-14(10-13)20-16(23-15)21-17(22)24-18(5,6)7;1-11(2)25-19(26-12(3)4)13-8-9-14-15(10-13)23-16(20-14)21-17(22)24-18(5,6)7;1-14(2,3)20-13(18)17-12-16-10-8-9(15(4)5)6-7-11(10)19-12;1-12(2,3)20-11(16)15-10-14-8-5-4-7(13(17)18)6-9(8)19-10;;;;;/h8-10H,1-7H3,(H,20,21,22);2*8-12H,1-7H3,(H,20,21,22);6-8H,1-5H3,(H,16,17,18);4-6,17-18H,1-3H3,(H,14,15,16);5*1H4. The van der Waals surface area contributed by atoms with Gasteiger partial charge in [-0.25, -0.2) is 50.6 Å². The monoisotopic (exact) mass is 1720 g/mol. The van der Waals surface area contributed by atoms with Crippen LogP contribution in [0.4, 0.5) is 54.0 Å². The number of amides is 5. The van der Waals surface area contributed by atoms with E-state index in [9.17, 15) is 24.0 Å². The summed E-state index contributed by atoms with van der Waals surface area (Å²) in [5.41, 5.74) is 5.75. The van der Waals surface area contributed by atoms with Gasteiger partial charge >= 0.3 is 89.0 Å². The maximum atomic E-state index is 11.9. The number of fused-ring (bicyclic) bond motifs is 5. The maximum Gasteiger partial charge on any atom is 0.494 e. The highest BCUT2D eigenvalue weighted by molar-refractivity contribution is 6.71. The Morgan fingerprint density at radius 1 is 0.350 bits per heavy atom. The van der Waals surface area contributed by atoms with Crippen molar-refractivity contribution in [3.05, 3.63) is 91.0 Å². The molecule has 5 amide bonds. The summed E-state index contributed by atoms with van der Waals surface area (Å²) in [5.74, 6) is 0. The van der Waals surface area contributed by atoms with Crippen molar-refractivity contribution in [1.29, 1.82) is 0 Å². The van der Waals surface area contributed by atoms with Gasteiger partial charge < -0.3 is 83.7 Å². The van der Waals surface area contributed by atoms with E-state index in [-0.39, 0.29) is 97.1 Å². The molecule has 0 unspecified atom stereocenters. The minimum atomic E-state index is -1.59. The van der Waals surface area contributed by atoms with Gasteiger partial charge in [-0.05, 0) is 269 Å². The van der Waals surface area contributed by atoms with E-state index in [0.29, 0.717) is 56.7 Å². The van der Waals surface area contributed by atoms with Gasteiger partial charge in [0.05, 0.1) is 11.2 Å². The summed E-state index contributed by atoms with van der Waals surface area (Å²) in [6.45, 7) is 55.0. The molecule has 5 aromatic carbocycles. The third-order valence-electron chi connectivity index (χ3n) is 15.7.